The molecule has 5 nitrogen and oxygen atoms in total. The number of methoxy groups -OCH3 is 1. The zero-order valence-electron chi connectivity index (χ0n) is 15.8. The van der Waals surface area contributed by atoms with E-state index in [0.717, 1.165) is 36.1 Å². The van der Waals surface area contributed by atoms with Crippen molar-refractivity contribution in [2.45, 2.75) is 31.9 Å². The van der Waals surface area contributed by atoms with Gasteiger partial charge in [-0.15, -0.1) is 0 Å². The molecule has 0 N–H and O–H groups in total. The summed E-state index contributed by atoms with van der Waals surface area (Å²) in [4.78, 5) is 2.48. The molecule has 0 radical (unpaired) electrons. The largest absolute Gasteiger partial charge is 0.497 e. The number of ether oxygens (including phenoxy) is 4. The molecule has 1 unspecified atom stereocenters. The summed E-state index contributed by atoms with van der Waals surface area (Å²) in [5.74, 6) is 3.93. The van der Waals surface area contributed by atoms with E-state index in [2.05, 4.69) is 30.0 Å². The molecule has 0 saturated carbocycles. The Hall–Kier alpha value is -2.40. The van der Waals surface area contributed by atoms with Crippen LogP contribution in [0.3, 0.4) is 0 Å². The van der Waals surface area contributed by atoms with Crippen molar-refractivity contribution in [1.29, 1.82) is 0 Å². The molecule has 0 amide bonds. The number of rotatable bonds is 3. The SMILES string of the molecule is COc1ccc([C@@H]2c3cc4c(cc3OC(N3CCCC3)[C@H]2C)OCO4)cc1. The molecule has 2 aromatic carbocycles. The van der Waals surface area contributed by atoms with Crippen molar-refractivity contribution < 1.29 is 18.9 Å². The first-order valence-electron chi connectivity index (χ1n) is 9.73. The highest BCUT2D eigenvalue weighted by Gasteiger charge is 2.41. The maximum Gasteiger partial charge on any atom is 0.231 e. The van der Waals surface area contributed by atoms with Gasteiger partial charge in [-0.2, -0.15) is 0 Å². The molecule has 0 aliphatic carbocycles. The quantitative estimate of drug-likeness (QED) is 0.820. The van der Waals surface area contributed by atoms with Crippen LogP contribution >= 0.6 is 0 Å². The highest BCUT2D eigenvalue weighted by atomic mass is 16.7. The van der Waals surface area contributed by atoms with Crippen molar-refractivity contribution in [3.05, 3.63) is 47.5 Å². The van der Waals surface area contributed by atoms with Gasteiger partial charge >= 0.3 is 0 Å². The third-order valence-corrected chi connectivity index (χ3v) is 6.04. The van der Waals surface area contributed by atoms with Crippen molar-refractivity contribution in [1.82, 2.24) is 4.90 Å². The Balaban J connectivity index is 1.60. The summed E-state index contributed by atoms with van der Waals surface area (Å²) in [6.07, 6.45) is 2.56. The van der Waals surface area contributed by atoms with E-state index in [1.165, 1.54) is 24.0 Å². The van der Waals surface area contributed by atoms with Crippen LogP contribution < -0.4 is 18.9 Å². The number of nitrogens with zero attached hydrogens (tertiary/aromatic N) is 1. The monoisotopic (exact) mass is 367 g/mol. The average molecular weight is 367 g/mol. The zero-order valence-corrected chi connectivity index (χ0v) is 15.8. The van der Waals surface area contributed by atoms with Gasteiger partial charge in [0, 0.05) is 36.6 Å². The summed E-state index contributed by atoms with van der Waals surface area (Å²) in [5, 5.41) is 0. The van der Waals surface area contributed by atoms with Crippen LogP contribution in [0.25, 0.3) is 0 Å². The fourth-order valence-corrected chi connectivity index (χ4v) is 4.67. The number of benzene rings is 2. The normalized spacial score (nSPS) is 26.5. The lowest BCUT2D eigenvalue weighted by atomic mass is 9.78. The van der Waals surface area contributed by atoms with Gasteiger partial charge in [-0.25, -0.2) is 0 Å². The van der Waals surface area contributed by atoms with Gasteiger partial charge < -0.3 is 18.9 Å². The van der Waals surface area contributed by atoms with E-state index in [4.69, 9.17) is 18.9 Å². The number of fused-ring (bicyclic) bond motifs is 2. The molecular weight excluding hydrogens is 342 g/mol. The van der Waals surface area contributed by atoms with E-state index in [-0.39, 0.29) is 18.9 Å². The number of hydrogen-bond acceptors (Lipinski definition) is 5. The third kappa shape index (κ3) is 2.81. The van der Waals surface area contributed by atoms with Crippen LogP contribution in [0.15, 0.2) is 36.4 Å². The third-order valence-electron chi connectivity index (χ3n) is 6.04. The molecule has 0 spiro atoms. The summed E-state index contributed by atoms with van der Waals surface area (Å²) in [7, 11) is 1.70. The maximum atomic E-state index is 6.52. The van der Waals surface area contributed by atoms with Gasteiger partial charge in [0.05, 0.1) is 7.11 Å². The van der Waals surface area contributed by atoms with Gasteiger partial charge in [0.25, 0.3) is 0 Å². The minimum absolute atomic E-state index is 0.0764. The second-order valence-corrected chi connectivity index (χ2v) is 7.60. The van der Waals surface area contributed by atoms with Crippen LogP contribution in [-0.2, 0) is 0 Å². The van der Waals surface area contributed by atoms with Gasteiger partial charge in [-0.1, -0.05) is 19.1 Å². The van der Waals surface area contributed by atoms with E-state index in [1.807, 2.05) is 18.2 Å². The molecule has 142 valence electrons. The molecule has 5 rings (SSSR count). The minimum Gasteiger partial charge on any atom is -0.497 e. The number of likely N-dealkylation sites (tertiary alicyclic amines) is 1. The van der Waals surface area contributed by atoms with Crippen molar-refractivity contribution >= 4 is 0 Å². The van der Waals surface area contributed by atoms with Crippen molar-refractivity contribution in [3.63, 3.8) is 0 Å². The van der Waals surface area contributed by atoms with Crippen LogP contribution in [0.1, 0.15) is 36.8 Å². The Kier molecular flexibility index (Phi) is 4.12. The fraction of sp³-hybridized carbons (Fsp3) is 0.455. The smallest absolute Gasteiger partial charge is 0.231 e. The Morgan fingerprint density at radius 3 is 2.37 bits per heavy atom. The first-order chi connectivity index (χ1) is 13.2. The molecule has 3 heterocycles. The van der Waals surface area contributed by atoms with Crippen LogP contribution in [-0.4, -0.2) is 38.1 Å². The van der Waals surface area contributed by atoms with Crippen LogP contribution in [0.5, 0.6) is 23.0 Å². The number of hydrogen-bond donors (Lipinski definition) is 0. The molecule has 1 saturated heterocycles. The molecule has 1 fully saturated rings. The predicted molar refractivity (Wildman–Crippen MR) is 102 cm³/mol. The first kappa shape index (κ1) is 16.8. The van der Waals surface area contributed by atoms with Gasteiger partial charge in [0.1, 0.15) is 11.5 Å². The van der Waals surface area contributed by atoms with Crippen molar-refractivity contribution in [2.75, 3.05) is 27.0 Å². The van der Waals surface area contributed by atoms with E-state index >= 15 is 0 Å². The highest BCUT2D eigenvalue weighted by Crippen LogP contribution is 2.50. The second kappa shape index (κ2) is 6.64. The Morgan fingerprint density at radius 2 is 1.67 bits per heavy atom. The van der Waals surface area contributed by atoms with Crippen molar-refractivity contribution in [3.8, 4) is 23.0 Å². The first-order valence-corrected chi connectivity index (χ1v) is 9.73. The summed E-state index contributed by atoms with van der Waals surface area (Å²) in [6, 6.07) is 12.5. The molecule has 5 heteroatoms. The lowest BCUT2D eigenvalue weighted by molar-refractivity contribution is -0.0178. The van der Waals surface area contributed by atoms with Crippen LogP contribution in [0.4, 0.5) is 0 Å². The average Bonchev–Trinajstić information content (AvgIpc) is 3.38. The Labute approximate surface area is 159 Å². The minimum atomic E-state index is 0.0764. The summed E-state index contributed by atoms with van der Waals surface area (Å²) < 4.78 is 23.1. The van der Waals surface area contributed by atoms with Gasteiger partial charge in [-0.05, 0) is 36.6 Å². The van der Waals surface area contributed by atoms with Gasteiger partial charge in [0.15, 0.2) is 17.7 Å². The Bertz CT molecular complexity index is 829. The van der Waals surface area contributed by atoms with Gasteiger partial charge in [-0.3, -0.25) is 4.90 Å². The van der Waals surface area contributed by atoms with Crippen molar-refractivity contribution in [2.24, 2.45) is 5.92 Å². The second-order valence-electron chi connectivity index (χ2n) is 7.60. The molecular formula is C22H25NO4. The Morgan fingerprint density at radius 1 is 0.963 bits per heavy atom. The fourth-order valence-electron chi connectivity index (χ4n) is 4.67. The van der Waals surface area contributed by atoms with Crippen LogP contribution in [0.2, 0.25) is 0 Å². The topological polar surface area (TPSA) is 40.2 Å². The molecule has 3 aliphatic heterocycles. The molecule has 27 heavy (non-hydrogen) atoms. The van der Waals surface area contributed by atoms with E-state index in [0.29, 0.717) is 5.92 Å². The van der Waals surface area contributed by atoms with E-state index in [1.54, 1.807) is 7.11 Å². The maximum absolute atomic E-state index is 6.52. The predicted octanol–water partition coefficient (Wildman–Crippen LogP) is 4.01. The van der Waals surface area contributed by atoms with E-state index < -0.39 is 0 Å². The molecule has 3 aliphatic rings. The van der Waals surface area contributed by atoms with Crippen LogP contribution in [0, 0.1) is 5.92 Å². The van der Waals surface area contributed by atoms with Gasteiger partial charge in [0.2, 0.25) is 6.79 Å². The lowest BCUT2D eigenvalue weighted by Gasteiger charge is -2.42. The standard InChI is InChI=1S/C22H25NO4/c1-14-21(15-5-7-16(24-2)8-6-15)17-11-19-20(26-13-25-19)12-18(17)27-22(14)23-9-3-4-10-23/h5-8,11-12,14,21-22H,3-4,9-10,13H2,1-2H3/t14-,21+,22?/m0/s1. The molecule has 3 atom stereocenters. The summed E-state index contributed by atoms with van der Waals surface area (Å²) in [5.41, 5.74) is 2.45. The lowest BCUT2D eigenvalue weighted by Crippen LogP contribution is -2.46. The summed E-state index contributed by atoms with van der Waals surface area (Å²) >= 11 is 0. The highest BCUT2D eigenvalue weighted by molar-refractivity contribution is 5.56. The molecule has 2 aromatic rings. The summed E-state index contributed by atoms with van der Waals surface area (Å²) in [6.45, 7) is 4.77. The molecule has 0 bridgehead atoms. The molecule has 0 aromatic heterocycles. The van der Waals surface area contributed by atoms with E-state index in [9.17, 15) is 0 Å². The zero-order chi connectivity index (χ0) is 18.4.